The molecule has 100 valence electrons. The van der Waals surface area contributed by atoms with Crippen LogP contribution in [0.4, 0.5) is 0 Å². The van der Waals surface area contributed by atoms with Gasteiger partial charge in [-0.15, -0.1) is 0 Å². The van der Waals surface area contributed by atoms with Gasteiger partial charge < -0.3 is 5.11 Å². The van der Waals surface area contributed by atoms with Crippen molar-refractivity contribution < 1.29 is 9.90 Å². The smallest absolute Gasteiger partial charge is 0.337 e. The molecular formula is C17H10N2O2. The molecule has 0 aliphatic heterocycles. The molecule has 4 aromatic rings. The Morgan fingerprint density at radius 2 is 1.81 bits per heavy atom. The second kappa shape index (κ2) is 4.24. The minimum absolute atomic E-state index is 0.198. The van der Waals surface area contributed by atoms with Crippen LogP contribution in [-0.4, -0.2) is 21.0 Å². The average Bonchev–Trinajstić information content (AvgIpc) is 2.53. The molecule has 1 N–H and O–H groups in total. The first-order chi connectivity index (χ1) is 10.2. The minimum Gasteiger partial charge on any atom is -0.478 e. The molecule has 0 atom stereocenters. The van der Waals surface area contributed by atoms with Crippen LogP contribution in [-0.2, 0) is 0 Å². The Labute approximate surface area is 119 Å². The molecule has 21 heavy (non-hydrogen) atoms. The van der Waals surface area contributed by atoms with Gasteiger partial charge in [-0.2, -0.15) is 0 Å². The molecule has 0 saturated carbocycles. The number of carboxylic acid groups (broad SMARTS) is 1. The summed E-state index contributed by atoms with van der Waals surface area (Å²) in [6.45, 7) is 0. The van der Waals surface area contributed by atoms with Gasteiger partial charge in [0.1, 0.15) is 0 Å². The predicted octanol–water partition coefficient (Wildman–Crippen LogP) is 3.63. The van der Waals surface area contributed by atoms with Gasteiger partial charge in [-0.3, -0.25) is 9.97 Å². The topological polar surface area (TPSA) is 63.1 Å². The lowest BCUT2D eigenvalue weighted by Crippen LogP contribution is -1.97. The summed E-state index contributed by atoms with van der Waals surface area (Å²) in [6.07, 6.45) is 3.17. The lowest BCUT2D eigenvalue weighted by molar-refractivity contribution is 0.0696. The van der Waals surface area contributed by atoms with Gasteiger partial charge >= 0.3 is 5.97 Å². The fraction of sp³-hybridized carbons (Fsp3) is 0. The number of benzene rings is 2. The van der Waals surface area contributed by atoms with Crippen LogP contribution < -0.4 is 0 Å². The predicted molar refractivity (Wildman–Crippen MR) is 81.5 cm³/mol. The minimum atomic E-state index is -0.966. The van der Waals surface area contributed by atoms with Gasteiger partial charge in [-0.05, 0) is 29.7 Å². The largest absolute Gasteiger partial charge is 0.478 e. The Morgan fingerprint density at radius 3 is 2.67 bits per heavy atom. The van der Waals surface area contributed by atoms with Crippen molar-refractivity contribution in [2.45, 2.75) is 0 Å². The molecule has 4 heteroatoms. The third-order valence-electron chi connectivity index (χ3n) is 3.68. The van der Waals surface area contributed by atoms with Gasteiger partial charge in [-0.25, -0.2) is 4.79 Å². The summed E-state index contributed by atoms with van der Waals surface area (Å²) in [5.41, 5.74) is 1.94. The Balaban J connectivity index is 2.14. The van der Waals surface area contributed by atoms with Crippen LogP contribution in [0.3, 0.4) is 0 Å². The van der Waals surface area contributed by atoms with E-state index < -0.39 is 5.97 Å². The molecule has 0 unspecified atom stereocenters. The summed E-state index contributed by atoms with van der Waals surface area (Å²) < 4.78 is 0. The van der Waals surface area contributed by atoms with E-state index in [1.807, 2.05) is 36.4 Å². The summed E-state index contributed by atoms with van der Waals surface area (Å²) in [4.78, 5) is 19.7. The Bertz CT molecular complexity index is 1020. The first kappa shape index (κ1) is 11.8. The fourth-order valence-corrected chi connectivity index (χ4v) is 2.69. The zero-order chi connectivity index (χ0) is 14.4. The third kappa shape index (κ3) is 1.73. The zero-order valence-electron chi connectivity index (χ0n) is 10.9. The second-order valence-corrected chi connectivity index (χ2v) is 4.90. The molecule has 0 amide bonds. The lowest BCUT2D eigenvalue weighted by Gasteiger charge is -2.06. The van der Waals surface area contributed by atoms with Crippen LogP contribution in [0, 0.1) is 0 Å². The quantitative estimate of drug-likeness (QED) is 0.538. The number of carbonyl (C=O) groups is 1. The maximum atomic E-state index is 11.0. The molecule has 0 saturated heterocycles. The van der Waals surface area contributed by atoms with Gasteiger partial charge in [0.25, 0.3) is 0 Å². The highest BCUT2D eigenvalue weighted by Gasteiger charge is 2.09. The van der Waals surface area contributed by atoms with Crippen molar-refractivity contribution in [2.75, 3.05) is 0 Å². The summed E-state index contributed by atoms with van der Waals surface area (Å²) in [6, 6.07) is 13.4. The van der Waals surface area contributed by atoms with Crippen LogP contribution >= 0.6 is 0 Å². The first-order valence-corrected chi connectivity index (χ1v) is 6.53. The monoisotopic (exact) mass is 274 g/mol. The Kier molecular flexibility index (Phi) is 2.38. The van der Waals surface area contributed by atoms with Crippen molar-refractivity contribution in [2.24, 2.45) is 0 Å². The zero-order valence-corrected chi connectivity index (χ0v) is 10.9. The number of nitrogens with zero attached hydrogens (tertiary/aromatic N) is 2. The number of hydrogen-bond acceptors (Lipinski definition) is 3. The average molecular weight is 274 g/mol. The molecule has 0 fully saturated rings. The number of fused-ring (bicyclic) bond motifs is 5. The van der Waals surface area contributed by atoms with Crippen molar-refractivity contribution >= 4 is 38.5 Å². The van der Waals surface area contributed by atoms with Crippen LogP contribution in [0.1, 0.15) is 10.4 Å². The molecule has 0 aliphatic rings. The second-order valence-electron chi connectivity index (χ2n) is 4.90. The van der Waals surface area contributed by atoms with E-state index in [1.54, 1.807) is 12.3 Å². The van der Waals surface area contributed by atoms with E-state index in [0.717, 1.165) is 32.6 Å². The third-order valence-corrected chi connectivity index (χ3v) is 3.68. The maximum Gasteiger partial charge on any atom is 0.337 e. The molecule has 0 radical (unpaired) electrons. The summed E-state index contributed by atoms with van der Waals surface area (Å²) in [7, 11) is 0. The maximum absolute atomic E-state index is 11.0. The number of aromatic carboxylic acids is 1. The van der Waals surface area contributed by atoms with Crippen molar-refractivity contribution in [3.05, 3.63) is 60.4 Å². The number of aromatic nitrogens is 2. The van der Waals surface area contributed by atoms with Gasteiger partial charge in [0.15, 0.2) is 0 Å². The van der Waals surface area contributed by atoms with E-state index in [9.17, 15) is 4.79 Å². The van der Waals surface area contributed by atoms with Crippen molar-refractivity contribution in [3.63, 3.8) is 0 Å². The number of pyridine rings is 2. The Hall–Kier alpha value is -3.01. The van der Waals surface area contributed by atoms with E-state index in [4.69, 9.17) is 5.11 Å². The van der Waals surface area contributed by atoms with Crippen LogP contribution in [0.5, 0.6) is 0 Å². The molecule has 2 heterocycles. The molecule has 4 rings (SSSR count). The van der Waals surface area contributed by atoms with E-state index in [2.05, 4.69) is 9.97 Å². The van der Waals surface area contributed by atoms with Crippen LogP contribution in [0.2, 0.25) is 0 Å². The number of rotatable bonds is 1. The van der Waals surface area contributed by atoms with Gasteiger partial charge in [-0.1, -0.05) is 18.2 Å². The molecule has 0 spiro atoms. The Morgan fingerprint density at radius 1 is 0.952 bits per heavy atom. The normalized spacial score (nSPS) is 11.2. The molecule has 0 aliphatic carbocycles. The highest BCUT2D eigenvalue weighted by Crippen LogP contribution is 2.29. The van der Waals surface area contributed by atoms with E-state index in [0.29, 0.717) is 0 Å². The van der Waals surface area contributed by atoms with E-state index in [-0.39, 0.29) is 5.56 Å². The standard InChI is InChI=1S/C17H10N2O2/c20-17(21)11-8-10-3-4-12-13-2-1-7-18-15(13)6-5-14(12)16(10)19-9-11/h1-9H,(H,20,21). The van der Waals surface area contributed by atoms with Crippen LogP contribution in [0.25, 0.3) is 32.6 Å². The SMILES string of the molecule is O=C(O)c1cnc2c(ccc3c4cccnc4ccc32)c1. The van der Waals surface area contributed by atoms with Crippen LogP contribution in [0.15, 0.2) is 54.9 Å². The highest BCUT2D eigenvalue weighted by atomic mass is 16.4. The van der Waals surface area contributed by atoms with E-state index in [1.165, 1.54) is 6.20 Å². The van der Waals surface area contributed by atoms with Crippen molar-refractivity contribution in [1.29, 1.82) is 0 Å². The van der Waals surface area contributed by atoms with Gasteiger partial charge in [0.05, 0.1) is 16.6 Å². The summed E-state index contributed by atoms with van der Waals surface area (Å²) in [5, 5.41) is 13.0. The highest BCUT2D eigenvalue weighted by molar-refractivity contribution is 6.15. The molecule has 2 aromatic heterocycles. The molecule has 4 nitrogen and oxygen atoms in total. The van der Waals surface area contributed by atoms with E-state index >= 15 is 0 Å². The number of hydrogen-bond donors (Lipinski definition) is 1. The van der Waals surface area contributed by atoms with Crippen molar-refractivity contribution in [3.8, 4) is 0 Å². The summed E-state index contributed by atoms with van der Waals surface area (Å²) >= 11 is 0. The summed E-state index contributed by atoms with van der Waals surface area (Å²) in [5.74, 6) is -0.966. The molecule has 0 bridgehead atoms. The first-order valence-electron chi connectivity index (χ1n) is 6.53. The van der Waals surface area contributed by atoms with Gasteiger partial charge in [0.2, 0.25) is 0 Å². The molecule has 2 aromatic carbocycles. The van der Waals surface area contributed by atoms with Gasteiger partial charge in [0, 0.05) is 28.6 Å². The fourth-order valence-electron chi connectivity index (χ4n) is 2.69. The molecular weight excluding hydrogens is 264 g/mol. The lowest BCUT2D eigenvalue weighted by atomic mass is 10.0. The van der Waals surface area contributed by atoms with Crippen molar-refractivity contribution in [1.82, 2.24) is 9.97 Å². The number of carboxylic acids is 1.